The van der Waals surface area contributed by atoms with Crippen LogP contribution in [0.1, 0.15) is 27.2 Å². The van der Waals surface area contributed by atoms with Crippen LogP contribution in [0.3, 0.4) is 0 Å². The predicted molar refractivity (Wildman–Crippen MR) is 84.8 cm³/mol. The van der Waals surface area contributed by atoms with Gasteiger partial charge in [-0.15, -0.1) is 11.3 Å². The number of nitrogens with one attached hydrogen (secondary N) is 2. The van der Waals surface area contributed by atoms with E-state index in [-0.39, 0.29) is 17.7 Å². The smallest absolute Gasteiger partial charge is 0.307 e. The lowest BCUT2D eigenvalue weighted by atomic mass is 9.82. The summed E-state index contributed by atoms with van der Waals surface area (Å²) in [6, 6.07) is 0. The molecule has 0 spiro atoms. The van der Waals surface area contributed by atoms with Crippen LogP contribution in [0.4, 0.5) is 0 Å². The van der Waals surface area contributed by atoms with Crippen LogP contribution in [-0.2, 0) is 9.59 Å². The molecule has 2 amide bonds. The molecule has 1 saturated carbocycles. The van der Waals surface area contributed by atoms with Gasteiger partial charge in [0.25, 0.3) is 5.91 Å². The summed E-state index contributed by atoms with van der Waals surface area (Å²) in [7, 11) is 0. The maximum absolute atomic E-state index is 12.4. The van der Waals surface area contributed by atoms with Crippen molar-refractivity contribution >= 4 is 29.1 Å². The van der Waals surface area contributed by atoms with Gasteiger partial charge in [0, 0.05) is 10.3 Å². The monoisotopic (exact) mass is 334 g/mol. The number of hydrogen-bond acceptors (Lipinski definition) is 4. The van der Waals surface area contributed by atoms with Gasteiger partial charge >= 0.3 is 5.97 Å². The molecule has 0 radical (unpaired) electrons. The maximum Gasteiger partial charge on any atom is 0.307 e. The van der Waals surface area contributed by atoms with Gasteiger partial charge in [0.1, 0.15) is 0 Å². The largest absolute Gasteiger partial charge is 0.481 e. The minimum atomic E-state index is -0.961. The predicted octanol–water partition coefficient (Wildman–Crippen LogP) is 1.65. The number of hydrogen-bond donors (Lipinski definition) is 3. The Kier molecular flexibility index (Phi) is 3.97. The van der Waals surface area contributed by atoms with Crippen LogP contribution in [0.25, 0.3) is 0 Å². The van der Waals surface area contributed by atoms with Gasteiger partial charge < -0.3 is 5.11 Å². The van der Waals surface area contributed by atoms with E-state index in [0.717, 1.165) is 10.4 Å². The van der Waals surface area contributed by atoms with E-state index in [9.17, 15) is 19.5 Å². The summed E-state index contributed by atoms with van der Waals surface area (Å²) < 4.78 is 0. The topological polar surface area (TPSA) is 95.5 Å². The van der Waals surface area contributed by atoms with E-state index in [1.165, 1.54) is 11.3 Å². The van der Waals surface area contributed by atoms with E-state index in [1.54, 1.807) is 5.38 Å². The molecule has 122 valence electrons. The molecule has 2 bridgehead atoms. The number of thiophene rings is 1. The molecule has 3 rings (SSSR count). The van der Waals surface area contributed by atoms with Crippen molar-refractivity contribution in [1.29, 1.82) is 0 Å². The zero-order valence-corrected chi connectivity index (χ0v) is 13.6. The summed E-state index contributed by atoms with van der Waals surface area (Å²) >= 11 is 1.47. The third-order valence-corrected chi connectivity index (χ3v) is 5.89. The molecule has 7 heteroatoms. The van der Waals surface area contributed by atoms with E-state index >= 15 is 0 Å². The summed E-state index contributed by atoms with van der Waals surface area (Å²) in [6.07, 6.45) is 4.47. The molecule has 0 aromatic carbocycles. The summed E-state index contributed by atoms with van der Waals surface area (Å²) in [5.74, 6) is -3.29. The second-order valence-corrected chi connectivity index (χ2v) is 7.20. The van der Waals surface area contributed by atoms with Crippen molar-refractivity contribution in [3.63, 3.8) is 0 Å². The van der Waals surface area contributed by atoms with E-state index in [0.29, 0.717) is 12.0 Å². The van der Waals surface area contributed by atoms with Crippen molar-refractivity contribution in [2.75, 3.05) is 0 Å². The fourth-order valence-corrected chi connectivity index (χ4v) is 4.39. The second-order valence-electron chi connectivity index (χ2n) is 6.11. The first-order chi connectivity index (χ1) is 10.9. The average molecular weight is 334 g/mol. The zero-order chi connectivity index (χ0) is 16.7. The zero-order valence-electron chi connectivity index (χ0n) is 12.8. The molecule has 0 saturated heterocycles. The quantitative estimate of drug-likeness (QED) is 0.578. The molecule has 4 atom stereocenters. The third kappa shape index (κ3) is 2.65. The summed E-state index contributed by atoms with van der Waals surface area (Å²) in [5, 5.41) is 11.1. The van der Waals surface area contributed by atoms with E-state index in [1.807, 2.05) is 26.0 Å². The number of hydrazine groups is 1. The van der Waals surface area contributed by atoms with Crippen LogP contribution in [0.2, 0.25) is 0 Å². The first-order valence-electron chi connectivity index (χ1n) is 7.46. The highest BCUT2D eigenvalue weighted by Gasteiger charge is 2.51. The van der Waals surface area contributed by atoms with Crippen LogP contribution in [0.5, 0.6) is 0 Å². The lowest BCUT2D eigenvalue weighted by Gasteiger charge is -2.23. The molecule has 23 heavy (non-hydrogen) atoms. The van der Waals surface area contributed by atoms with Crippen LogP contribution >= 0.6 is 11.3 Å². The molecule has 2 aliphatic rings. The van der Waals surface area contributed by atoms with E-state index in [4.69, 9.17) is 0 Å². The van der Waals surface area contributed by atoms with Crippen LogP contribution in [-0.4, -0.2) is 22.9 Å². The van der Waals surface area contributed by atoms with Crippen molar-refractivity contribution in [3.05, 3.63) is 33.5 Å². The number of fused-ring (bicyclic) bond motifs is 2. The minimum absolute atomic E-state index is 0.0665. The Morgan fingerprint density at radius 1 is 1.13 bits per heavy atom. The van der Waals surface area contributed by atoms with Gasteiger partial charge in [-0.25, -0.2) is 0 Å². The minimum Gasteiger partial charge on any atom is -0.481 e. The van der Waals surface area contributed by atoms with Crippen molar-refractivity contribution in [2.24, 2.45) is 23.7 Å². The van der Waals surface area contributed by atoms with Gasteiger partial charge in [-0.1, -0.05) is 12.2 Å². The molecule has 2 aliphatic carbocycles. The van der Waals surface area contributed by atoms with Crippen molar-refractivity contribution in [3.8, 4) is 0 Å². The normalized spacial score (nSPS) is 27.9. The van der Waals surface area contributed by atoms with Crippen molar-refractivity contribution in [2.45, 2.75) is 20.3 Å². The number of allylic oxidation sites excluding steroid dienone is 2. The average Bonchev–Trinajstić information content (AvgIpc) is 3.20. The van der Waals surface area contributed by atoms with Crippen molar-refractivity contribution in [1.82, 2.24) is 10.9 Å². The second kappa shape index (κ2) is 5.81. The number of aryl methyl sites for hydroxylation is 1. The molecule has 1 aromatic rings. The SMILES string of the molecule is Cc1scc(C(=O)NNC(=O)[C@H]2[C@H](C(=O)O)[C@H]3C=C[C@H]2C3)c1C. The summed E-state index contributed by atoms with van der Waals surface area (Å²) in [5.41, 5.74) is 6.20. The highest BCUT2D eigenvalue weighted by atomic mass is 32.1. The first-order valence-corrected chi connectivity index (χ1v) is 8.34. The van der Waals surface area contributed by atoms with Gasteiger partial charge in [0.15, 0.2) is 0 Å². The van der Waals surface area contributed by atoms with Gasteiger partial charge in [-0.2, -0.15) is 0 Å². The van der Waals surface area contributed by atoms with Gasteiger partial charge in [0.05, 0.1) is 17.4 Å². The molecule has 1 fully saturated rings. The lowest BCUT2D eigenvalue weighted by molar-refractivity contribution is -0.148. The third-order valence-electron chi connectivity index (χ3n) is 4.88. The van der Waals surface area contributed by atoms with E-state index in [2.05, 4.69) is 10.9 Å². The molecular formula is C16H18N2O4S. The Bertz CT molecular complexity index is 709. The molecule has 1 aromatic heterocycles. The van der Waals surface area contributed by atoms with Gasteiger partial charge in [-0.05, 0) is 37.7 Å². The molecular weight excluding hydrogens is 316 g/mol. The van der Waals surface area contributed by atoms with Gasteiger partial charge in [0.2, 0.25) is 5.91 Å². The highest BCUT2D eigenvalue weighted by Crippen LogP contribution is 2.48. The first kappa shape index (κ1) is 15.7. The molecule has 3 N–H and O–H groups in total. The molecule has 0 aliphatic heterocycles. The molecule has 1 heterocycles. The van der Waals surface area contributed by atoms with Crippen LogP contribution in [0.15, 0.2) is 17.5 Å². The Labute approximate surface area is 137 Å². The molecule has 6 nitrogen and oxygen atoms in total. The summed E-state index contributed by atoms with van der Waals surface area (Å²) in [4.78, 5) is 36.9. The number of carboxylic acids is 1. The highest BCUT2D eigenvalue weighted by molar-refractivity contribution is 7.10. The Morgan fingerprint density at radius 3 is 2.35 bits per heavy atom. The number of carboxylic acid groups (broad SMARTS) is 1. The van der Waals surface area contributed by atoms with Crippen LogP contribution in [0, 0.1) is 37.5 Å². The lowest BCUT2D eigenvalue weighted by Crippen LogP contribution is -2.48. The van der Waals surface area contributed by atoms with E-state index < -0.39 is 23.7 Å². The molecule has 0 unspecified atom stereocenters. The van der Waals surface area contributed by atoms with Gasteiger partial charge in [-0.3, -0.25) is 25.2 Å². The van der Waals surface area contributed by atoms with Crippen LogP contribution < -0.4 is 10.9 Å². The standard InChI is InChI=1S/C16H18N2O4S/c1-7-8(2)23-6-11(7)14(19)17-18-15(20)12-9-3-4-10(5-9)13(12)16(21)22/h3-4,6,9-10,12-13H,5H2,1-2H3,(H,17,19)(H,18,20)(H,21,22)/t9-,10-,12+,13+/m0/s1. The van der Waals surface area contributed by atoms with Crippen molar-refractivity contribution < 1.29 is 19.5 Å². The fourth-order valence-electron chi connectivity index (χ4n) is 3.52. The Morgan fingerprint density at radius 2 is 1.78 bits per heavy atom. The Hall–Kier alpha value is -2.15. The fraction of sp³-hybridized carbons (Fsp3) is 0.438. The number of aliphatic carboxylic acids is 1. The Balaban J connectivity index is 1.66. The number of carbonyl (C=O) groups excluding carboxylic acids is 2. The summed E-state index contributed by atoms with van der Waals surface area (Å²) in [6.45, 7) is 3.78. The maximum atomic E-state index is 12.4. The number of amides is 2. The number of carbonyl (C=O) groups is 3. The number of rotatable bonds is 3.